The molecule has 2 aliphatic heterocycles. The molecule has 2 heterocycles. The number of nitrogens with zero attached hydrogens (tertiary/aromatic N) is 1. The number of likely N-dealkylation sites (tertiary alicyclic amines) is 1. The second-order valence-corrected chi connectivity index (χ2v) is 5.58. The molecule has 18 heavy (non-hydrogen) atoms. The van der Waals surface area contributed by atoms with Crippen LogP contribution in [0.25, 0.3) is 0 Å². The standard InChI is InChI=1S/C13H25N3O2/c1-16-6-2-3-11(16)9-15-12(17)13(10-14)4-7-18-8-5-13/h11H,2-10,14H2,1H3,(H,15,17). The fourth-order valence-corrected chi connectivity index (χ4v) is 2.92. The molecule has 2 aliphatic rings. The highest BCUT2D eigenvalue weighted by Crippen LogP contribution is 2.29. The van der Waals surface area contributed by atoms with Crippen LogP contribution in [-0.4, -0.2) is 56.7 Å². The minimum Gasteiger partial charge on any atom is -0.381 e. The summed E-state index contributed by atoms with van der Waals surface area (Å²) in [5.74, 6) is 0.119. The topological polar surface area (TPSA) is 67.6 Å². The van der Waals surface area contributed by atoms with Crippen LogP contribution in [0.2, 0.25) is 0 Å². The van der Waals surface area contributed by atoms with Gasteiger partial charge in [-0.15, -0.1) is 0 Å². The number of likely N-dealkylation sites (N-methyl/N-ethyl adjacent to an activating group) is 1. The number of hydrogen-bond acceptors (Lipinski definition) is 4. The van der Waals surface area contributed by atoms with Crippen molar-refractivity contribution in [1.82, 2.24) is 10.2 Å². The van der Waals surface area contributed by atoms with Gasteiger partial charge in [0.25, 0.3) is 0 Å². The Balaban J connectivity index is 1.85. The third-order valence-electron chi connectivity index (χ3n) is 4.49. The van der Waals surface area contributed by atoms with Gasteiger partial charge < -0.3 is 20.7 Å². The van der Waals surface area contributed by atoms with Crippen LogP contribution in [0.5, 0.6) is 0 Å². The second kappa shape index (κ2) is 5.99. The number of nitrogens with two attached hydrogens (primary N) is 1. The molecule has 2 saturated heterocycles. The van der Waals surface area contributed by atoms with Crippen molar-refractivity contribution in [3.63, 3.8) is 0 Å². The van der Waals surface area contributed by atoms with E-state index in [1.807, 2.05) is 0 Å². The molecule has 2 fully saturated rings. The lowest BCUT2D eigenvalue weighted by atomic mass is 9.79. The van der Waals surface area contributed by atoms with Crippen LogP contribution >= 0.6 is 0 Å². The first-order valence-electron chi connectivity index (χ1n) is 6.94. The average molecular weight is 255 g/mol. The Bertz CT molecular complexity index is 290. The van der Waals surface area contributed by atoms with Gasteiger partial charge in [-0.2, -0.15) is 0 Å². The number of hydrogen-bond donors (Lipinski definition) is 2. The summed E-state index contributed by atoms with van der Waals surface area (Å²) in [6.07, 6.45) is 3.90. The number of carbonyl (C=O) groups is 1. The molecule has 104 valence electrons. The van der Waals surface area contributed by atoms with E-state index in [9.17, 15) is 4.79 Å². The van der Waals surface area contributed by atoms with Crippen molar-refractivity contribution in [3.8, 4) is 0 Å². The van der Waals surface area contributed by atoms with E-state index >= 15 is 0 Å². The maximum Gasteiger partial charge on any atom is 0.227 e. The molecule has 5 nitrogen and oxygen atoms in total. The maximum absolute atomic E-state index is 12.3. The van der Waals surface area contributed by atoms with Gasteiger partial charge in [-0.1, -0.05) is 0 Å². The van der Waals surface area contributed by atoms with Crippen molar-refractivity contribution < 1.29 is 9.53 Å². The molecule has 0 bridgehead atoms. The summed E-state index contributed by atoms with van der Waals surface area (Å²) < 4.78 is 5.33. The number of ether oxygens (including phenoxy) is 1. The van der Waals surface area contributed by atoms with Crippen molar-refractivity contribution in [1.29, 1.82) is 0 Å². The van der Waals surface area contributed by atoms with E-state index in [4.69, 9.17) is 10.5 Å². The zero-order valence-corrected chi connectivity index (χ0v) is 11.3. The monoisotopic (exact) mass is 255 g/mol. The highest BCUT2D eigenvalue weighted by molar-refractivity contribution is 5.83. The lowest BCUT2D eigenvalue weighted by Gasteiger charge is -2.35. The van der Waals surface area contributed by atoms with Gasteiger partial charge in [0.2, 0.25) is 5.91 Å². The van der Waals surface area contributed by atoms with Crippen LogP contribution in [0.15, 0.2) is 0 Å². The van der Waals surface area contributed by atoms with Gasteiger partial charge in [-0.05, 0) is 39.3 Å². The van der Waals surface area contributed by atoms with E-state index in [0.717, 1.165) is 25.9 Å². The summed E-state index contributed by atoms with van der Waals surface area (Å²) in [5, 5.41) is 3.10. The van der Waals surface area contributed by atoms with Gasteiger partial charge in [0, 0.05) is 32.3 Å². The van der Waals surface area contributed by atoms with Gasteiger partial charge >= 0.3 is 0 Å². The van der Waals surface area contributed by atoms with Crippen molar-refractivity contribution in [2.24, 2.45) is 11.1 Å². The highest BCUT2D eigenvalue weighted by Gasteiger charge is 2.39. The summed E-state index contributed by atoms with van der Waals surface area (Å²) >= 11 is 0. The van der Waals surface area contributed by atoms with Gasteiger partial charge in [-0.25, -0.2) is 0 Å². The van der Waals surface area contributed by atoms with E-state index in [1.54, 1.807) is 0 Å². The van der Waals surface area contributed by atoms with Gasteiger partial charge in [0.15, 0.2) is 0 Å². The van der Waals surface area contributed by atoms with Crippen LogP contribution in [-0.2, 0) is 9.53 Å². The molecule has 0 aromatic carbocycles. The minimum atomic E-state index is -0.393. The molecular weight excluding hydrogens is 230 g/mol. The highest BCUT2D eigenvalue weighted by atomic mass is 16.5. The average Bonchev–Trinajstić information content (AvgIpc) is 2.82. The second-order valence-electron chi connectivity index (χ2n) is 5.58. The summed E-state index contributed by atoms with van der Waals surface area (Å²) in [6.45, 7) is 3.60. The molecular formula is C13H25N3O2. The SMILES string of the molecule is CN1CCCC1CNC(=O)C1(CN)CCOCC1. The van der Waals surface area contributed by atoms with Crippen molar-refractivity contribution >= 4 is 5.91 Å². The van der Waals surface area contributed by atoms with Crippen LogP contribution < -0.4 is 11.1 Å². The van der Waals surface area contributed by atoms with E-state index in [-0.39, 0.29) is 5.91 Å². The molecule has 0 aliphatic carbocycles. The van der Waals surface area contributed by atoms with Gasteiger partial charge in [-0.3, -0.25) is 4.79 Å². The predicted molar refractivity (Wildman–Crippen MR) is 70.2 cm³/mol. The lowest BCUT2D eigenvalue weighted by Crippen LogP contribution is -2.51. The zero-order chi connectivity index (χ0) is 13.0. The first kappa shape index (κ1) is 13.8. The Labute approximate surface area is 109 Å². The number of amides is 1. The molecule has 2 rings (SSSR count). The fraction of sp³-hybridized carbons (Fsp3) is 0.923. The first-order chi connectivity index (χ1) is 8.68. The fourth-order valence-electron chi connectivity index (χ4n) is 2.92. The van der Waals surface area contributed by atoms with E-state index in [0.29, 0.717) is 25.8 Å². The molecule has 0 aromatic heterocycles. The Kier molecular flexibility index (Phi) is 4.59. The Morgan fingerprint density at radius 1 is 1.50 bits per heavy atom. The molecule has 5 heteroatoms. The van der Waals surface area contributed by atoms with Crippen LogP contribution in [0.3, 0.4) is 0 Å². The van der Waals surface area contributed by atoms with Crippen molar-refractivity contribution in [2.45, 2.75) is 31.7 Å². The van der Waals surface area contributed by atoms with Gasteiger partial charge in [0.05, 0.1) is 5.41 Å². The van der Waals surface area contributed by atoms with E-state index in [1.165, 1.54) is 12.8 Å². The third-order valence-corrected chi connectivity index (χ3v) is 4.49. The van der Waals surface area contributed by atoms with Crippen LogP contribution in [0.4, 0.5) is 0 Å². The van der Waals surface area contributed by atoms with Crippen LogP contribution in [0, 0.1) is 5.41 Å². The molecule has 1 atom stereocenters. The largest absolute Gasteiger partial charge is 0.381 e. The summed E-state index contributed by atoms with van der Waals surface area (Å²) in [7, 11) is 2.12. The Morgan fingerprint density at radius 2 is 2.22 bits per heavy atom. The Morgan fingerprint density at radius 3 is 2.78 bits per heavy atom. The van der Waals surface area contributed by atoms with Crippen LogP contribution in [0.1, 0.15) is 25.7 Å². The van der Waals surface area contributed by atoms with Crippen molar-refractivity contribution in [3.05, 3.63) is 0 Å². The first-order valence-corrected chi connectivity index (χ1v) is 6.94. The van der Waals surface area contributed by atoms with Gasteiger partial charge in [0.1, 0.15) is 0 Å². The lowest BCUT2D eigenvalue weighted by molar-refractivity contribution is -0.136. The minimum absolute atomic E-state index is 0.119. The Hall–Kier alpha value is -0.650. The molecule has 0 saturated carbocycles. The van der Waals surface area contributed by atoms with E-state index < -0.39 is 5.41 Å². The summed E-state index contributed by atoms with van der Waals surface area (Å²) in [5.41, 5.74) is 5.43. The number of rotatable bonds is 4. The molecule has 0 spiro atoms. The van der Waals surface area contributed by atoms with Crippen molar-refractivity contribution in [2.75, 3.05) is 39.9 Å². The predicted octanol–water partition coefficient (Wildman–Crippen LogP) is -0.0477. The molecule has 0 aromatic rings. The van der Waals surface area contributed by atoms with E-state index in [2.05, 4.69) is 17.3 Å². The number of carbonyl (C=O) groups excluding carboxylic acids is 1. The summed E-state index contributed by atoms with van der Waals surface area (Å²) in [6, 6.07) is 0.489. The zero-order valence-electron chi connectivity index (χ0n) is 11.3. The molecule has 3 N–H and O–H groups in total. The third kappa shape index (κ3) is 2.84. The number of nitrogens with one attached hydrogen (secondary N) is 1. The maximum atomic E-state index is 12.3. The molecule has 0 radical (unpaired) electrons. The molecule has 1 amide bonds. The molecule has 1 unspecified atom stereocenters. The normalized spacial score (nSPS) is 28.2. The quantitative estimate of drug-likeness (QED) is 0.739. The summed E-state index contributed by atoms with van der Waals surface area (Å²) in [4.78, 5) is 14.7. The smallest absolute Gasteiger partial charge is 0.227 e.